The molecule has 1 aliphatic rings. The van der Waals surface area contributed by atoms with E-state index in [-0.39, 0.29) is 12.4 Å². The quantitative estimate of drug-likeness (QED) is 0.453. The zero-order valence-corrected chi connectivity index (χ0v) is 16.8. The van der Waals surface area contributed by atoms with Crippen molar-refractivity contribution in [2.45, 2.75) is 26.0 Å². The van der Waals surface area contributed by atoms with Gasteiger partial charge in [0.05, 0.1) is 19.6 Å². The number of benzene rings is 2. The maximum absolute atomic E-state index is 11.8. The van der Waals surface area contributed by atoms with E-state index in [1.54, 1.807) is 11.6 Å². The van der Waals surface area contributed by atoms with E-state index >= 15 is 0 Å². The number of carbonyl (C=O) groups is 1. The third-order valence-corrected chi connectivity index (χ3v) is 4.90. The van der Waals surface area contributed by atoms with Gasteiger partial charge < -0.3 is 14.2 Å². The van der Waals surface area contributed by atoms with Crippen LogP contribution in [0.3, 0.4) is 0 Å². The Morgan fingerprint density at radius 1 is 1.17 bits per heavy atom. The Morgan fingerprint density at radius 3 is 2.66 bits per heavy atom. The molecule has 29 heavy (non-hydrogen) atoms. The lowest BCUT2D eigenvalue weighted by Crippen LogP contribution is -2.24. The number of hydrogen-bond acceptors (Lipinski definition) is 6. The number of ether oxygens (including phenoxy) is 3. The highest BCUT2D eigenvalue weighted by Gasteiger charge is 2.28. The lowest BCUT2D eigenvalue weighted by molar-refractivity contribution is -0.143. The summed E-state index contributed by atoms with van der Waals surface area (Å²) < 4.78 is 21.0. The average Bonchev–Trinajstić information content (AvgIpc) is 3.09. The molecule has 0 aliphatic carbocycles. The van der Waals surface area contributed by atoms with Gasteiger partial charge in [0.2, 0.25) is 4.77 Å². The first-order chi connectivity index (χ1) is 14.2. The van der Waals surface area contributed by atoms with Crippen LogP contribution in [0.1, 0.15) is 25.3 Å². The van der Waals surface area contributed by atoms with E-state index < -0.39 is 6.10 Å². The standard InChI is InChI=1S/C21H21N3O4S/c1-2-26-19(25)12-13-23-21(29)24(15-8-4-3-5-9-15)20(22-23)18-14-27-16-10-6-7-11-17(16)28-18/h3-11,18H,2,12-14H2,1H3. The van der Waals surface area contributed by atoms with Crippen molar-refractivity contribution in [2.75, 3.05) is 13.2 Å². The summed E-state index contributed by atoms with van der Waals surface area (Å²) in [5, 5.41) is 4.68. The second-order valence-electron chi connectivity index (χ2n) is 6.45. The van der Waals surface area contributed by atoms with Crippen molar-refractivity contribution in [2.24, 2.45) is 0 Å². The summed E-state index contributed by atoms with van der Waals surface area (Å²) in [5.74, 6) is 1.71. The molecule has 0 saturated heterocycles. The molecule has 2 aromatic carbocycles. The van der Waals surface area contributed by atoms with Crippen molar-refractivity contribution in [1.82, 2.24) is 14.3 Å². The summed E-state index contributed by atoms with van der Waals surface area (Å²) in [6.07, 6.45) is -0.242. The summed E-state index contributed by atoms with van der Waals surface area (Å²) in [5.41, 5.74) is 0.873. The van der Waals surface area contributed by atoms with E-state index in [2.05, 4.69) is 5.10 Å². The molecule has 0 N–H and O–H groups in total. The molecule has 4 rings (SSSR count). The van der Waals surface area contributed by atoms with E-state index in [9.17, 15) is 4.79 Å². The van der Waals surface area contributed by atoms with Gasteiger partial charge in [-0.05, 0) is 43.4 Å². The third kappa shape index (κ3) is 4.02. The molecule has 1 atom stereocenters. The number of rotatable bonds is 6. The molecule has 1 unspecified atom stereocenters. The molecular formula is C21H21N3O4S. The molecule has 150 valence electrons. The Labute approximate surface area is 173 Å². The molecule has 3 aromatic rings. The molecule has 1 aliphatic heterocycles. The second-order valence-corrected chi connectivity index (χ2v) is 6.82. The van der Waals surface area contributed by atoms with E-state index in [4.69, 9.17) is 26.4 Å². The van der Waals surface area contributed by atoms with Crippen LogP contribution >= 0.6 is 12.2 Å². The highest BCUT2D eigenvalue weighted by Crippen LogP contribution is 2.36. The summed E-state index contributed by atoms with van der Waals surface area (Å²) in [4.78, 5) is 11.8. The van der Waals surface area contributed by atoms with Crippen LogP contribution in [0.5, 0.6) is 11.5 Å². The molecule has 0 saturated carbocycles. The van der Waals surface area contributed by atoms with Gasteiger partial charge in [0.15, 0.2) is 23.4 Å². The summed E-state index contributed by atoms with van der Waals surface area (Å²) >= 11 is 5.67. The fourth-order valence-electron chi connectivity index (χ4n) is 3.18. The number of fused-ring (bicyclic) bond motifs is 1. The zero-order valence-electron chi connectivity index (χ0n) is 16.0. The molecule has 0 radical (unpaired) electrons. The first-order valence-electron chi connectivity index (χ1n) is 9.46. The molecule has 0 bridgehead atoms. The van der Waals surface area contributed by atoms with Gasteiger partial charge in [-0.3, -0.25) is 9.36 Å². The topological polar surface area (TPSA) is 67.5 Å². The van der Waals surface area contributed by atoms with Gasteiger partial charge in [0, 0.05) is 5.69 Å². The Hall–Kier alpha value is -3.13. The van der Waals surface area contributed by atoms with Gasteiger partial charge in [-0.25, -0.2) is 4.68 Å². The van der Waals surface area contributed by atoms with Gasteiger partial charge in [-0.1, -0.05) is 30.3 Å². The van der Waals surface area contributed by atoms with Crippen molar-refractivity contribution in [3.8, 4) is 17.2 Å². The Balaban J connectivity index is 1.70. The Kier molecular flexibility index (Phi) is 5.62. The first kappa shape index (κ1) is 19.2. The highest BCUT2D eigenvalue weighted by molar-refractivity contribution is 7.71. The molecule has 8 heteroatoms. The minimum atomic E-state index is -0.435. The Bertz CT molecular complexity index is 1060. The van der Waals surface area contributed by atoms with E-state index in [0.29, 0.717) is 41.9 Å². The van der Waals surface area contributed by atoms with Gasteiger partial charge in [0.1, 0.15) is 6.61 Å². The van der Waals surface area contributed by atoms with Gasteiger partial charge in [0.25, 0.3) is 0 Å². The van der Waals surface area contributed by atoms with Crippen LogP contribution < -0.4 is 9.47 Å². The number of esters is 1. The largest absolute Gasteiger partial charge is 0.485 e. The minimum Gasteiger partial charge on any atom is -0.485 e. The van der Waals surface area contributed by atoms with Gasteiger partial charge >= 0.3 is 5.97 Å². The average molecular weight is 411 g/mol. The van der Waals surface area contributed by atoms with Gasteiger partial charge in [-0.15, -0.1) is 0 Å². The van der Waals surface area contributed by atoms with E-state index in [0.717, 1.165) is 5.69 Å². The third-order valence-electron chi connectivity index (χ3n) is 4.51. The normalized spacial score (nSPS) is 15.1. The summed E-state index contributed by atoms with van der Waals surface area (Å²) in [7, 11) is 0. The number of hydrogen-bond donors (Lipinski definition) is 0. The SMILES string of the molecule is CCOC(=O)CCn1nc(C2COc3ccccc3O2)n(-c2ccccc2)c1=S. The summed E-state index contributed by atoms with van der Waals surface area (Å²) in [6, 6.07) is 17.2. The van der Waals surface area contributed by atoms with Crippen LogP contribution in [0, 0.1) is 4.77 Å². The highest BCUT2D eigenvalue weighted by atomic mass is 32.1. The molecule has 0 amide bonds. The summed E-state index contributed by atoms with van der Waals surface area (Å²) in [6.45, 7) is 2.77. The number of aromatic nitrogens is 3. The Morgan fingerprint density at radius 2 is 1.90 bits per heavy atom. The smallest absolute Gasteiger partial charge is 0.307 e. The monoisotopic (exact) mass is 411 g/mol. The van der Waals surface area contributed by atoms with Crippen molar-refractivity contribution < 1.29 is 19.0 Å². The van der Waals surface area contributed by atoms with Crippen LogP contribution in [0.2, 0.25) is 0 Å². The van der Waals surface area contributed by atoms with Crippen LogP contribution in [-0.2, 0) is 16.1 Å². The number of carbonyl (C=O) groups excluding carboxylic acids is 1. The van der Waals surface area contributed by atoms with Crippen molar-refractivity contribution >= 4 is 18.2 Å². The number of para-hydroxylation sites is 3. The molecule has 7 nitrogen and oxygen atoms in total. The molecule has 0 fully saturated rings. The molecule has 1 aromatic heterocycles. The van der Waals surface area contributed by atoms with Crippen LogP contribution in [0.25, 0.3) is 5.69 Å². The first-order valence-corrected chi connectivity index (χ1v) is 9.87. The lowest BCUT2D eigenvalue weighted by atomic mass is 10.2. The fourth-order valence-corrected chi connectivity index (χ4v) is 3.51. The van der Waals surface area contributed by atoms with Gasteiger partial charge in [-0.2, -0.15) is 5.10 Å². The number of nitrogens with zero attached hydrogens (tertiary/aromatic N) is 3. The van der Waals surface area contributed by atoms with Crippen LogP contribution in [-0.4, -0.2) is 33.5 Å². The van der Waals surface area contributed by atoms with Crippen molar-refractivity contribution in [1.29, 1.82) is 0 Å². The maximum atomic E-state index is 11.8. The maximum Gasteiger partial charge on any atom is 0.307 e. The lowest BCUT2D eigenvalue weighted by Gasteiger charge is -2.26. The van der Waals surface area contributed by atoms with Crippen molar-refractivity contribution in [3.05, 3.63) is 65.2 Å². The predicted octanol–water partition coefficient (Wildman–Crippen LogP) is 3.87. The minimum absolute atomic E-state index is 0.193. The van der Waals surface area contributed by atoms with Crippen molar-refractivity contribution in [3.63, 3.8) is 0 Å². The predicted molar refractivity (Wildman–Crippen MR) is 109 cm³/mol. The van der Waals surface area contributed by atoms with Crippen LogP contribution in [0.15, 0.2) is 54.6 Å². The number of aryl methyl sites for hydroxylation is 1. The van der Waals surface area contributed by atoms with E-state index in [1.807, 2.05) is 59.2 Å². The van der Waals surface area contributed by atoms with Crippen LogP contribution in [0.4, 0.5) is 0 Å². The fraction of sp³-hybridized carbons (Fsp3) is 0.286. The molecule has 0 spiro atoms. The molecular weight excluding hydrogens is 390 g/mol. The van der Waals surface area contributed by atoms with E-state index in [1.165, 1.54) is 0 Å². The molecule has 2 heterocycles. The second kappa shape index (κ2) is 8.48. The zero-order chi connectivity index (χ0) is 20.2.